The Balaban J connectivity index is 1.99. The predicted molar refractivity (Wildman–Crippen MR) is 104 cm³/mol. The smallest absolute Gasteiger partial charge is 0.116 e. The zero-order chi connectivity index (χ0) is 19.0. The van der Waals surface area contributed by atoms with E-state index in [0.717, 1.165) is 33.8 Å². The summed E-state index contributed by atoms with van der Waals surface area (Å²) in [6, 6.07) is 20.7. The second-order valence-electron chi connectivity index (χ2n) is 6.35. The van der Waals surface area contributed by atoms with Crippen molar-refractivity contribution in [1.82, 2.24) is 9.78 Å². The van der Waals surface area contributed by atoms with E-state index in [9.17, 15) is 15.3 Å². The highest BCUT2D eigenvalue weighted by molar-refractivity contribution is 5.76. The second-order valence-corrected chi connectivity index (χ2v) is 6.35. The van der Waals surface area contributed by atoms with Gasteiger partial charge in [0.05, 0.1) is 17.1 Å². The van der Waals surface area contributed by atoms with Gasteiger partial charge in [0.1, 0.15) is 17.2 Å². The van der Waals surface area contributed by atoms with Gasteiger partial charge in [-0.15, -0.1) is 0 Å². The van der Waals surface area contributed by atoms with Crippen LogP contribution in [-0.2, 0) is 0 Å². The molecule has 0 aliphatic carbocycles. The molecule has 1 heterocycles. The van der Waals surface area contributed by atoms with Crippen molar-refractivity contribution in [3.8, 4) is 45.5 Å². The Morgan fingerprint density at radius 3 is 1.93 bits per heavy atom. The lowest BCUT2D eigenvalue weighted by atomic mass is 10.0. The van der Waals surface area contributed by atoms with Crippen LogP contribution < -0.4 is 0 Å². The lowest BCUT2D eigenvalue weighted by molar-refractivity contribution is 0.474. The lowest BCUT2D eigenvalue weighted by Crippen LogP contribution is -1.99. The van der Waals surface area contributed by atoms with E-state index >= 15 is 0 Å². The van der Waals surface area contributed by atoms with E-state index in [1.165, 1.54) is 0 Å². The first kappa shape index (κ1) is 16.7. The Morgan fingerprint density at radius 2 is 1.30 bits per heavy atom. The van der Waals surface area contributed by atoms with E-state index in [1.54, 1.807) is 65.3 Å². The molecule has 3 N–H and O–H groups in total. The molecular formula is C22H18N2O3. The molecule has 27 heavy (non-hydrogen) atoms. The van der Waals surface area contributed by atoms with Gasteiger partial charge >= 0.3 is 0 Å². The summed E-state index contributed by atoms with van der Waals surface area (Å²) >= 11 is 0. The van der Waals surface area contributed by atoms with Crippen molar-refractivity contribution in [3.05, 3.63) is 78.4 Å². The quantitative estimate of drug-likeness (QED) is 0.499. The van der Waals surface area contributed by atoms with Gasteiger partial charge in [0.2, 0.25) is 0 Å². The van der Waals surface area contributed by atoms with Crippen molar-refractivity contribution in [2.24, 2.45) is 0 Å². The summed E-state index contributed by atoms with van der Waals surface area (Å²) in [6.45, 7) is 1.96. The molecule has 134 valence electrons. The van der Waals surface area contributed by atoms with E-state index in [1.807, 2.05) is 19.1 Å². The largest absolute Gasteiger partial charge is 0.508 e. The average Bonchev–Trinajstić information content (AvgIpc) is 2.99. The minimum Gasteiger partial charge on any atom is -0.508 e. The maximum Gasteiger partial charge on any atom is 0.116 e. The molecular weight excluding hydrogens is 340 g/mol. The molecule has 0 amide bonds. The Hall–Kier alpha value is -3.73. The summed E-state index contributed by atoms with van der Waals surface area (Å²) < 4.78 is 1.78. The molecule has 5 heteroatoms. The van der Waals surface area contributed by atoms with Crippen molar-refractivity contribution in [1.29, 1.82) is 0 Å². The molecule has 0 saturated heterocycles. The van der Waals surface area contributed by atoms with Gasteiger partial charge in [-0.1, -0.05) is 24.3 Å². The molecule has 0 saturated carbocycles. The minimum absolute atomic E-state index is 0.171. The Kier molecular flexibility index (Phi) is 4.05. The molecule has 0 unspecified atom stereocenters. The van der Waals surface area contributed by atoms with Crippen molar-refractivity contribution < 1.29 is 15.3 Å². The normalized spacial score (nSPS) is 10.9. The highest BCUT2D eigenvalue weighted by Gasteiger charge is 2.19. The molecule has 3 aromatic carbocycles. The van der Waals surface area contributed by atoms with Gasteiger partial charge in [-0.25, -0.2) is 4.68 Å². The SMILES string of the molecule is Cc1c(-c2cccc(O)c2)nn(-c2ccc(O)cc2)c1-c1cccc(O)c1. The topological polar surface area (TPSA) is 78.5 Å². The molecule has 0 atom stereocenters. The fourth-order valence-corrected chi connectivity index (χ4v) is 3.20. The van der Waals surface area contributed by atoms with Crippen molar-refractivity contribution in [3.63, 3.8) is 0 Å². The number of aromatic nitrogens is 2. The van der Waals surface area contributed by atoms with Crippen LogP contribution >= 0.6 is 0 Å². The zero-order valence-corrected chi connectivity index (χ0v) is 14.7. The average molecular weight is 358 g/mol. The van der Waals surface area contributed by atoms with Gasteiger partial charge in [-0.3, -0.25) is 0 Å². The van der Waals surface area contributed by atoms with E-state index in [2.05, 4.69) is 0 Å². The Bertz CT molecular complexity index is 1110. The van der Waals surface area contributed by atoms with Crippen LogP contribution in [0.15, 0.2) is 72.8 Å². The third-order valence-electron chi connectivity index (χ3n) is 4.46. The molecule has 0 radical (unpaired) electrons. The number of hydrogen-bond donors (Lipinski definition) is 3. The fraction of sp³-hybridized carbons (Fsp3) is 0.0455. The van der Waals surface area contributed by atoms with Crippen LogP contribution in [0.3, 0.4) is 0 Å². The maximum absolute atomic E-state index is 9.93. The van der Waals surface area contributed by atoms with Crippen LogP contribution in [0.1, 0.15) is 5.56 Å². The molecule has 0 fully saturated rings. The maximum atomic E-state index is 9.93. The Labute approximate surface area is 156 Å². The highest BCUT2D eigenvalue weighted by atomic mass is 16.3. The number of phenolic OH excluding ortho intramolecular Hbond substituents is 3. The number of hydrogen-bond acceptors (Lipinski definition) is 4. The van der Waals surface area contributed by atoms with Crippen LogP contribution in [0.25, 0.3) is 28.2 Å². The Morgan fingerprint density at radius 1 is 0.704 bits per heavy atom. The molecule has 5 nitrogen and oxygen atoms in total. The van der Waals surface area contributed by atoms with Crippen LogP contribution in [0.5, 0.6) is 17.2 Å². The van der Waals surface area contributed by atoms with Crippen LogP contribution in [-0.4, -0.2) is 25.1 Å². The first-order chi connectivity index (χ1) is 13.0. The third-order valence-corrected chi connectivity index (χ3v) is 4.46. The molecule has 4 rings (SSSR count). The molecule has 0 aliphatic heterocycles. The predicted octanol–water partition coefficient (Wildman–Crippen LogP) is 4.63. The summed E-state index contributed by atoms with van der Waals surface area (Å²) in [5, 5.41) is 34.1. The molecule has 0 spiro atoms. The minimum atomic E-state index is 0.171. The highest BCUT2D eigenvalue weighted by Crippen LogP contribution is 2.35. The third kappa shape index (κ3) is 3.11. The fourth-order valence-electron chi connectivity index (χ4n) is 3.20. The number of phenols is 3. The van der Waals surface area contributed by atoms with Gasteiger partial charge in [0.25, 0.3) is 0 Å². The first-order valence-electron chi connectivity index (χ1n) is 8.51. The lowest BCUT2D eigenvalue weighted by Gasteiger charge is -2.09. The summed E-state index contributed by atoms with van der Waals surface area (Å²) in [5.41, 5.74) is 4.87. The van der Waals surface area contributed by atoms with Crippen LogP contribution in [0.2, 0.25) is 0 Å². The summed E-state index contributed by atoms with van der Waals surface area (Å²) in [6.07, 6.45) is 0. The first-order valence-corrected chi connectivity index (χ1v) is 8.51. The molecule has 4 aromatic rings. The van der Waals surface area contributed by atoms with Gasteiger partial charge in [0, 0.05) is 16.7 Å². The number of benzene rings is 3. The van der Waals surface area contributed by atoms with Gasteiger partial charge in [0.15, 0.2) is 0 Å². The number of rotatable bonds is 3. The molecule has 0 bridgehead atoms. The number of aromatic hydroxyl groups is 3. The van der Waals surface area contributed by atoms with E-state index in [4.69, 9.17) is 5.10 Å². The van der Waals surface area contributed by atoms with E-state index in [-0.39, 0.29) is 17.2 Å². The van der Waals surface area contributed by atoms with Crippen molar-refractivity contribution in [2.45, 2.75) is 6.92 Å². The van der Waals surface area contributed by atoms with E-state index in [0.29, 0.717) is 0 Å². The van der Waals surface area contributed by atoms with Crippen molar-refractivity contribution >= 4 is 0 Å². The second kappa shape index (κ2) is 6.53. The van der Waals surface area contributed by atoms with Crippen LogP contribution in [0, 0.1) is 6.92 Å². The van der Waals surface area contributed by atoms with Crippen LogP contribution in [0.4, 0.5) is 0 Å². The van der Waals surface area contributed by atoms with Crippen molar-refractivity contribution in [2.75, 3.05) is 0 Å². The van der Waals surface area contributed by atoms with Gasteiger partial charge in [-0.2, -0.15) is 5.10 Å². The van der Waals surface area contributed by atoms with Gasteiger partial charge < -0.3 is 15.3 Å². The molecule has 0 aliphatic rings. The van der Waals surface area contributed by atoms with Gasteiger partial charge in [-0.05, 0) is 55.5 Å². The molecule has 1 aromatic heterocycles. The van der Waals surface area contributed by atoms with E-state index < -0.39 is 0 Å². The standard InChI is InChI=1S/C22H18N2O3/c1-14-21(15-4-2-6-19(26)12-15)23-24(17-8-10-18(25)11-9-17)22(14)16-5-3-7-20(27)13-16/h2-13,25-27H,1H3. The summed E-state index contributed by atoms with van der Waals surface area (Å²) in [5.74, 6) is 0.518. The number of nitrogens with zero attached hydrogens (tertiary/aromatic N) is 2. The monoisotopic (exact) mass is 358 g/mol. The summed E-state index contributed by atoms with van der Waals surface area (Å²) in [7, 11) is 0. The zero-order valence-electron chi connectivity index (χ0n) is 14.7. The summed E-state index contributed by atoms with van der Waals surface area (Å²) in [4.78, 5) is 0.